The van der Waals surface area contributed by atoms with Gasteiger partial charge in [0.1, 0.15) is 6.61 Å². The number of carbonyl (C=O) groups is 2. The van der Waals surface area contributed by atoms with Crippen molar-refractivity contribution < 1.29 is 28.2 Å². The van der Waals surface area contributed by atoms with Crippen molar-refractivity contribution >= 4 is 27.7 Å². The molecule has 1 aliphatic heterocycles. The number of ether oxygens (including phenoxy) is 3. The van der Waals surface area contributed by atoms with Crippen molar-refractivity contribution in [2.24, 2.45) is 0 Å². The number of halogens is 2. The van der Waals surface area contributed by atoms with Crippen molar-refractivity contribution in [1.29, 1.82) is 0 Å². The van der Waals surface area contributed by atoms with E-state index in [1.165, 1.54) is 12.1 Å². The van der Waals surface area contributed by atoms with Crippen LogP contribution in [0.15, 0.2) is 46.9 Å². The lowest BCUT2D eigenvalue weighted by Gasteiger charge is -2.25. The van der Waals surface area contributed by atoms with E-state index in [4.69, 9.17) is 14.2 Å². The molecule has 0 spiro atoms. The van der Waals surface area contributed by atoms with Gasteiger partial charge < -0.3 is 14.2 Å². The maximum atomic E-state index is 13.6. The zero-order chi connectivity index (χ0) is 18.5. The minimum atomic E-state index is -0.907. The van der Waals surface area contributed by atoms with Gasteiger partial charge in [-0.1, -0.05) is 28.1 Å². The molecular weight excluding hydrogens is 411 g/mol. The third-order valence-electron chi connectivity index (χ3n) is 3.38. The molecule has 9 heteroatoms. The predicted octanol–water partition coefficient (Wildman–Crippen LogP) is 1.95. The third-order valence-corrected chi connectivity index (χ3v) is 3.87. The van der Waals surface area contributed by atoms with Crippen LogP contribution in [0.25, 0.3) is 0 Å². The van der Waals surface area contributed by atoms with Crippen molar-refractivity contribution in [3.8, 4) is 17.2 Å². The summed E-state index contributed by atoms with van der Waals surface area (Å²) in [5, 5.41) is 0. The van der Waals surface area contributed by atoms with Crippen LogP contribution in [0, 0.1) is 5.82 Å². The Morgan fingerprint density at radius 1 is 1.19 bits per heavy atom. The average Bonchev–Trinajstić information content (AvgIpc) is 2.65. The molecule has 7 nitrogen and oxygen atoms in total. The number of amides is 2. The Kier molecular flexibility index (Phi) is 5.57. The summed E-state index contributed by atoms with van der Waals surface area (Å²) in [5.74, 6) is -0.928. The average molecular weight is 425 g/mol. The van der Waals surface area contributed by atoms with Gasteiger partial charge in [0.15, 0.2) is 29.7 Å². The largest absolute Gasteiger partial charge is 0.485 e. The molecule has 1 unspecified atom stereocenters. The summed E-state index contributed by atoms with van der Waals surface area (Å²) in [4.78, 5) is 23.8. The number of carbonyl (C=O) groups excluding carboxylic acids is 2. The summed E-state index contributed by atoms with van der Waals surface area (Å²) in [7, 11) is 0. The van der Waals surface area contributed by atoms with Crippen LogP contribution in [0.5, 0.6) is 17.2 Å². The van der Waals surface area contributed by atoms with Crippen LogP contribution in [0.1, 0.15) is 0 Å². The molecule has 1 heterocycles. The van der Waals surface area contributed by atoms with Gasteiger partial charge in [0.25, 0.3) is 11.8 Å². The number of rotatable bonds is 4. The van der Waals surface area contributed by atoms with Gasteiger partial charge in [0.05, 0.1) is 0 Å². The number of fused-ring (bicyclic) bond motifs is 1. The van der Waals surface area contributed by atoms with Crippen molar-refractivity contribution in [2.45, 2.75) is 6.10 Å². The van der Waals surface area contributed by atoms with Gasteiger partial charge in [-0.3, -0.25) is 20.4 Å². The van der Waals surface area contributed by atoms with E-state index >= 15 is 0 Å². The Hall–Kier alpha value is -2.81. The second-order valence-corrected chi connectivity index (χ2v) is 6.18. The topological polar surface area (TPSA) is 85.9 Å². The minimum Gasteiger partial charge on any atom is -0.485 e. The molecule has 0 aliphatic carbocycles. The number of benzene rings is 2. The van der Waals surface area contributed by atoms with Gasteiger partial charge in [-0.05, 0) is 30.3 Å². The summed E-state index contributed by atoms with van der Waals surface area (Å²) in [6.45, 7) is -0.455. The zero-order valence-electron chi connectivity index (χ0n) is 13.3. The monoisotopic (exact) mass is 424 g/mol. The number of para-hydroxylation sites is 2. The smallest absolute Gasteiger partial charge is 0.283 e. The summed E-state index contributed by atoms with van der Waals surface area (Å²) in [5.41, 5.74) is 4.39. The first kappa shape index (κ1) is 18.0. The van der Waals surface area contributed by atoms with E-state index in [1.54, 1.807) is 30.3 Å². The Labute approximate surface area is 156 Å². The second-order valence-electron chi connectivity index (χ2n) is 5.27. The zero-order valence-corrected chi connectivity index (χ0v) is 14.9. The normalized spacial score (nSPS) is 15.1. The molecule has 2 N–H and O–H groups in total. The van der Waals surface area contributed by atoms with Crippen LogP contribution in [0.4, 0.5) is 4.39 Å². The van der Waals surface area contributed by atoms with Crippen LogP contribution in [0.3, 0.4) is 0 Å². The van der Waals surface area contributed by atoms with Gasteiger partial charge in [-0.15, -0.1) is 0 Å². The summed E-state index contributed by atoms with van der Waals surface area (Å²) in [6, 6.07) is 11.1. The molecule has 0 aromatic heterocycles. The molecule has 26 heavy (non-hydrogen) atoms. The SMILES string of the molecule is O=C(COc1ccc(Br)cc1F)NNC(=O)C1COc2ccccc2O1. The van der Waals surface area contributed by atoms with Crippen molar-refractivity contribution in [3.05, 3.63) is 52.8 Å². The van der Waals surface area contributed by atoms with Crippen molar-refractivity contribution in [1.82, 2.24) is 10.9 Å². The van der Waals surface area contributed by atoms with Gasteiger partial charge >= 0.3 is 0 Å². The van der Waals surface area contributed by atoms with Crippen LogP contribution in [-0.2, 0) is 9.59 Å². The van der Waals surface area contributed by atoms with Gasteiger partial charge in [-0.2, -0.15) is 0 Å². The quantitative estimate of drug-likeness (QED) is 0.732. The number of hydrogen-bond acceptors (Lipinski definition) is 5. The lowest BCUT2D eigenvalue weighted by Crippen LogP contribution is -2.51. The van der Waals surface area contributed by atoms with Crippen LogP contribution in [-0.4, -0.2) is 31.1 Å². The molecule has 0 bridgehead atoms. The standard InChI is InChI=1S/C17H14BrFN2O5/c18-10-5-6-12(11(19)7-10)25-9-16(22)20-21-17(23)15-8-24-13-3-1-2-4-14(13)26-15/h1-7,15H,8-9H2,(H,20,22)(H,21,23). The Morgan fingerprint density at radius 2 is 1.96 bits per heavy atom. The lowest BCUT2D eigenvalue weighted by molar-refractivity contribution is -0.135. The fourth-order valence-electron chi connectivity index (χ4n) is 2.13. The highest BCUT2D eigenvalue weighted by Gasteiger charge is 2.27. The van der Waals surface area contributed by atoms with E-state index in [0.29, 0.717) is 16.0 Å². The molecule has 2 aromatic rings. The minimum absolute atomic E-state index is 0.0132. The first-order chi connectivity index (χ1) is 12.5. The maximum absolute atomic E-state index is 13.6. The molecule has 0 saturated heterocycles. The molecule has 1 aliphatic rings. The Balaban J connectivity index is 1.45. The highest BCUT2D eigenvalue weighted by Crippen LogP contribution is 2.30. The first-order valence-corrected chi connectivity index (χ1v) is 8.37. The molecule has 0 saturated carbocycles. The molecule has 1 atom stereocenters. The lowest BCUT2D eigenvalue weighted by atomic mass is 10.2. The highest BCUT2D eigenvalue weighted by atomic mass is 79.9. The fourth-order valence-corrected chi connectivity index (χ4v) is 2.47. The van der Waals surface area contributed by atoms with E-state index in [-0.39, 0.29) is 12.4 Å². The fraction of sp³-hybridized carbons (Fsp3) is 0.176. The highest BCUT2D eigenvalue weighted by molar-refractivity contribution is 9.10. The van der Waals surface area contributed by atoms with Crippen molar-refractivity contribution in [3.63, 3.8) is 0 Å². The van der Waals surface area contributed by atoms with Crippen LogP contribution in [0.2, 0.25) is 0 Å². The molecule has 0 fully saturated rings. The molecule has 2 amide bonds. The molecule has 2 aromatic carbocycles. The number of hydrogen-bond donors (Lipinski definition) is 2. The Bertz CT molecular complexity index is 833. The summed E-state index contributed by atoms with van der Waals surface area (Å²) in [6.07, 6.45) is -0.907. The molecule has 136 valence electrons. The van der Waals surface area contributed by atoms with Crippen LogP contribution >= 0.6 is 15.9 Å². The van der Waals surface area contributed by atoms with Gasteiger partial charge in [0, 0.05) is 4.47 Å². The maximum Gasteiger partial charge on any atom is 0.283 e. The third kappa shape index (κ3) is 4.42. The van der Waals surface area contributed by atoms with Crippen molar-refractivity contribution in [2.75, 3.05) is 13.2 Å². The van der Waals surface area contributed by atoms with Gasteiger partial charge in [-0.25, -0.2) is 4.39 Å². The van der Waals surface area contributed by atoms with E-state index in [9.17, 15) is 14.0 Å². The summed E-state index contributed by atoms with van der Waals surface area (Å²) < 4.78 is 30.1. The van der Waals surface area contributed by atoms with Crippen LogP contribution < -0.4 is 25.1 Å². The number of hydrazine groups is 1. The first-order valence-electron chi connectivity index (χ1n) is 7.58. The molecule has 3 rings (SSSR count). The predicted molar refractivity (Wildman–Crippen MR) is 92.2 cm³/mol. The van der Waals surface area contributed by atoms with E-state index in [0.717, 1.165) is 0 Å². The Morgan fingerprint density at radius 3 is 2.73 bits per heavy atom. The van der Waals surface area contributed by atoms with E-state index in [1.807, 2.05) is 0 Å². The van der Waals surface area contributed by atoms with Gasteiger partial charge in [0.2, 0.25) is 6.10 Å². The summed E-state index contributed by atoms with van der Waals surface area (Å²) >= 11 is 3.12. The molecular formula is C17H14BrFN2O5. The van der Waals surface area contributed by atoms with E-state index < -0.39 is 30.3 Å². The second kappa shape index (κ2) is 8.05. The van der Waals surface area contributed by atoms with E-state index in [2.05, 4.69) is 26.8 Å². The molecule has 0 radical (unpaired) electrons. The number of nitrogens with one attached hydrogen (secondary N) is 2.